The summed E-state index contributed by atoms with van der Waals surface area (Å²) >= 11 is 0. The standard InChI is InChI=1S/C13H11B.C10H10N2/c14-13(11-7-3-1-4-8-11)12-9-5-2-6-10-12;1-12-8-7-11-10(12)9-5-3-2-4-6-9/h1-10,13H;2-8H,1H3. The summed E-state index contributed by atoms with van der Waals surface area (Å²) in [7, 11) is 8.11. The summed E-state index contributed by atoms with van der Waals surface area (Å²) < 4.78 is 2.01. The first-order chi connectivity index (χ1) is 12.8. The van der Waals surface area contributed by atoms with Gasteiger partial charge in [0.1, 0.15) is 5.82 Å². The first kappa shape index (κ1) is 17.7. The summed E-state index contributed by atoms with van der Waals surface area (Å²) in [5.41, 5.74) is 3.46. The van der Waals surface area contributed by atoms with Crippen molar-refractivity contribution in [3.05, 3.63) is 115 Å². The number of hydrogen-bond acceptors (Lipinski definition) is 1. The lowest BCUT2D eigenvalue weighted by Crippen LogP contribution is -1.99. The van der Waals surface area contributed by atoms with E-state index in [2.05, 4.69) is 41.4 Å². The third-order valence-electron chi connectivity index (χ3n) is 4.17. The zero-order valence-electron chi connectivity index (χ0n) is 14.9. The van der Waals surface area contributed by atoms with E-state index in [1.807, 2.05) is 78.6 Å². The lowest BCUT2D eigenvalue weighted by molar-refractivity contribution is 0.925. The minimum Gasteiger partial charge on any atom is -0.334 e. The van der Waals surface area contributed by atoms with Gasteiger partial charge in [-0.3, -0.25) is 0 Å². The first-order valence-corrected chi connectivity index (χ1v) is 8.64. The molecular formula is C23H21BN2. The zero-order valence-corrected chi connectivity index (χ0v) is 14.9. The van der Waals surface area contributed by atoms with Crippen LogP contribution < -0.4 is 0 Å². The first-order valence-electron chi connectivity index (χ1n) is 8.64. The topological polar surface area (TPSA) is 17.8 Å². The monoisotopic (exact) mass is 336 g/mol. The van der Waals surface area contributed by atoms with Gasteiger partial charge in [0.15, 0.2) is 0 Å². The van der Waals surface area contributed by atoms with E-state index in [0.29, 0.717) is 0 Å². The van der Waals surface area contributed by atoms with Crippen molar-refractivity contribution in [2.24, 2.45) is 7.05 Å². The summed E-state index contributed by atoms with van der Waals surface area (Å²) in [4.78, 5) is 4.25. The van der Waals surface area contributed by atoms with Gasteiger partial charge in [-0.2, -0.15) is 0 Å². The van der Waals surface area contributed by atoms with Gasteiger partial charge >= 0.3 is 0 Å². The number of aryl methyl sites for hydroxylation is 1. The van der Waals surface area contributed by atoms with Crippen LogP contribution >= 0.6 is 0 Å². The van der Waals surface area contributed by atoms with Gasteiger partial charge in [-0.1, -0.05) is 91.0 Å². The summed E-state index contributed by atoms with van der Waals surface area (Å²) in [5, 5.41) is 0. The highest BCUT2D eigenvalue weighted by Gasteiger charge is 2.05. The van der Waals surface area contributed by atoms with Crippen LogP contribution in [0.15, 0.2) is 103 Å². The Kier molecular flexibility index (Phi) is 6.05. The Bertz CT molecular complexity index is 863. The Balaban J connectivity index is 0.000000152. The van der Waals surface area contributed by atoms with Crippen molar-refractivity contribution in [2.75, 3.05) is 0 Å². The Morgan fingerprint density at radius 2 is 1.19 bits per heavy atom. The molecule has 0 saturated heterocycles. The second-order valence-corrected chi connectivity index (χ2v) is 6.03. The van der Waals surface area contributed by atoms with Crippen molar-refractivity contribution in [1.29, 1.82) is 0 Å². The average Bonchev–Trinajstić information content (AvgIpc) is 3.16. The lowest BCUT2D eigenvalue weighted by atomic mass is 9.76. The summed E-state index contributed by atoms with van der Waals surface area (Å²) in [6.45, 7) is 0. The van der Waals surface area contributed by atoms with E-state index in [9.17, 15) is 0 Å². The zero-order chi connectivity index (χ0) is 18.2. The van der Waals surface area contributed by atoms with E-state index in [-0.39, 0.29) is 5.82 Å². The third kappa shape index (κ3) is 4.51. The van der Waals surface area contributed by atoms with Crippen LogP contribution in [0.2, 0.25) is 0 Å². The number of aromatic nitrogens is 2. The third-order valence-corrected chi connectivity index (χ3v) is 4.17. The highest BCUT2D eigenvalue weighted by Crippen LogP contribution is 2.20. The fraction of sp³-hybridized carbons (Fsp3) is 0.0870. The highest BCUT2D eigenvalue weighted by molar-refractivity contribution is 6.14. The van der Waals surface area contributed by atoms with Crippen molar-refractivity contribution in [3.63, 3.8) is 0 Å². The van der Waals surface area contributed by atoms with E-state index in [1.165, 1.54) is 0 Å². The normalized spacial score (nSPS) is 10.2. The van der Waals surface area contributed by atoms with Crippen LogP contribution in [0.25, 0.3) is 11.4 Å². The van der Waals surface area contributed by atoms with Gasteiger partial charge in [-0.25, -0.2) is 4.98 Å². The number of hydrogen-bond donors (Lipinski definition) is 0. The van der Waals surface area contributed by atoms with Crippen molar-refractivity contribution < 1.29 is 0 Å². The molecule has 0 N–H and O–H groups in total. The van der Waals surface area contributed by atoms with Crippen LogP contribution in [0, 0.1) is 0 Å². The van der Waals surface area contributed by atoms with E-state index >= 15 is 0 Å². The van der Waals surface area contributed by atoms with Gasteiger partial charge < -0.3 is 4.57 Å². The van der Waals surface area contributed by atoms with Gasteiger partial charge in [0, 0.05) is 25.0 Å². The molecule has 0 bridgehead atoms. The Labute approximate surface area is 156 Å². The molecule has 0 fully saturated rings. The van der Waals surface area contributed by atoms with E-state index in [0.717, 1.165) is 22.5 Å². The summed E-state index contributed by atoms with van der Waals surface area (Å²) in [6, 6.07) is 30.4. The number of benzene rings is 3. The van der Waals surface area contributed by atoms with Crippen molar-refractivity contribution in [1.82, 2.24) is 9.55 Å². The number of rotatable bonds is 3. The molecule has 0 unspecified atom stereocenters. The molecule has 2 nitrogen and oxygen atoms in total. The smallest absolute Gasteiger partial charge is 0.139 e. The average molecular weight is 336 g/mol. The molecule has 1 heterocycles. The molecule has 0 spiro atoms. The summed E-state index contributed by atoms with van der Waals surface area (Å²) in [5.74, 6) is 0.994. The maximum atomic E-state index is 6.12. The highest BCUT2D eigenvalue weighted by atomic mass is 15.0. The molecule has 1 aromatic heterocycles. The molecule has 3 aromatic carbocycles. The van der Waals surface area contributed by atoms with E-state index < -0.39 is 0 Å². The molecule has 0 atom stereocenters. The number of nitrogens with zero attached hydrogens (tertiary/aromatic N) is 2. The molecule has 0 aliphatic heterocycles. The van der Waals surface area contributed by atoms with E-state index in [4.69, 9.17) is 7.85 Å². The number of imidazole rings is 1. The molecule has 4 aromatic rings. The fourth-order valence-electron chi connectivity index (χ4n) is 2.74. The van der Waals surface area contributed by atoms with Crippen LogP contribution in [0.5, 0.6) is 0 Å². The summed E-state index contributed by atoms with van der Waals surface area (Å²) in [6.07, 6.45) is 3.75. The van der Waals surface area contributed by atoms with Gasteiger partial charge in [0.2, 0.25) is 0 Å². The fourth-order valence-corrected chi connectivity index (χ4v) is 2.74. The van der Waals surface area contributed by atoms with Crippen molar-refractivity contribution in [2.45, 2.75) is 5.82 Å². The van der Waals surface area contributed by atoms with Crippen LogP contribution in [-0.2, 0) is 7.05 Å². The van der Waals surface area contributed by atoms with Gasteiger partial charge in [-0.05, 0) is 16.9 Å². The molecule has 0 amide bonds. The van der Waals surface area contributed by atoms with Crippen LogP contribution in [-0.4, -0.2) is 17.4 Å². The molecular weight excluding hydrogens is 315 g/mol. The predicted octanol–water partition coefficient (Wildman–Crippen LogP) is 5.03. The predicted molar refractivity (Wildman–Crippen MR) is 109 cm³/mol. The largest absolute Gasteiger partial charge is 0.334 e. The van der Waals surface area contributed by atoms with Crippen LogP contribution in [0.3, 0.4) is 0 Å². The second-order valence-electron chi connectivity index (χ2n) is 6.03. The van der Waals surface area contributed by atoms with Crippen molar-refractivity contribution >= 4 is 7.85 Å². The minimum atomic E-state index is -0.0163. The molecule has 126 valence electrons. The molecule has 0 saturated carbocycles. The lowest BCUT2D eigenvalue weighted by Gasteiger charge is -2.12. The van der Waals surface area contributed by atoms with E-state index in [1.54, 1.807) is 0 Å². The van der Waals surface area contributed by atoms with Gasteiger partial charge in [0.05, 0.1) is 7.85 Å². The second kappa shape index (κ2) is 8.86. The Morgan fingerprint density at radius 1 is 0.731 bits per heavy atom. The quantitative estimate of drug-likeness (QED) is 0.480. The maximum absolute atomic E-state index is 6.12. The maximum Gasteiger partial charge on any atom is 0.139 e. The molecule has 0 aliphatic carbocycles. The van der Waals surface area contributed by atoms with Gasteiger partial charge in [0.25, 0.3) is 0 Å². The molecule has 4 rings (SSSR count). The SMILES string of the molecule is Cn1ccnc1-c1ccccc1.[B]C(c1ccccc1)c1ccccc1. The van der Waals surface area contributed by atoms with Crippen LogP contribution in [0.4, 0.5) is 0 Å². The minimum absolute atomic E-state index is 0.0163. The van der Waals surface area contributed by atoms with Crippen molar-refractivity contribution in [3.8, 4) is 11.4 Å². The molecule has 0 aliphatic rings. The molecule has 3 heteroatoms. The molecule has 2 radical (unpaired) electrons. The Morgan fingerprint density at radius 3 is 1.62 bits per heavy atom. The van der Waals surface area contributed by atoms with Crippen LogP contribution in [0.1, 0.15) is 16.9 Å². The Hall–Kier alpha value is -3.07. The molecule has 26 heavy (non-hydrogen) atoms. The van der Waals surface area contributed by atoms with Gasteiger partial charge in [-0.15, -0.1) is 0 Å².